The van der Waals surface area contributed by atoms with Crippen molar-refractivity contribution in [1.82, 2.24) is 29.4 Å². The van der Waals surface area contributed by atoms with E-state index in [-0.39, 0.29) is 17.4 Å². The fraction of sp³-hybridized carbons (Fsp3) is 0.696. The van der Waals surface area contributed by atoms with Crippen LogP contribution in [-0.4, -0.2) is 54.3 Å². The maximum Gasteiger partial charge on any atom is 0.274 e. The van der Waals surface area contributed by atoms with Crippen molar-refractivity contribution >= 4 is 33.4 Å². The molecule has 0 aromatic carbocycles. The van der Waals surface area contributed by atoms with Crippen LogP contribution in [0.5, 0.6) is 0 Å². The highest BCUT2D eigenvalue weighted by Gasteiger charge is 2.61. The standard InChI is InChI=1S/C23H30BrN7O2/c1-29-18(19(32)30-5-3-2-4-6-30)17(12-26-29)27-20(33)22-8-15-7-16(9-22)11-23(10-15,13-22)31-14-25-21(24)28-31/h12,14-16H,2-11,13H2,1H3,(H,27,33). The quantitative estimate of drug-likeness (QED) is 0.673. The van der Waals surface area contributed by atoms with Gasteiger partial charge in [-0.2, -0.15) is 5.10 Å². The topological polar surface area (TPSA) is 97.9 Å². The number of rotatable bonds is 4. The summed E-state index contributed by atoms with van der Waals surface area (Å²) in [5.41, 5.74) is 0.419. The van der Waals surface area contributed by atoms with Crippen LogP contribution in [0, 0.1) is 17.3 Å². The molecule has 176 valence electrons. The number of amides is 2. The minimum absolute atomic E-state index is 0.0286. The van der Waals surface area contributed by atoms with Gasteiger partial charge in [0.15, 0.2) is 0 Å². The maximum absolute atomic E-state index is 13.9. The number of anilines is 1. The smallest absolute Gasteiger partial charge is 0.274 e. The lowest BCUT2D eigenvalue weighted by Crippen LogP contribution is -2.60. The van der Waals surface area contributed by atoms with Gasteiger partial charge in [-0.3, -0.25) is 14.3 Å². The fourth-order valence-corrected chi connectivity index (χ4v) is 7.77. The van der Waals surface area contributed by atoms with Crippen LogP contribution >= 0.6 is 15.9 Å². The van der Waals surface area contributed by atoms with Gasteiger partial charge in [-0.25, -0.2) is 9.67 Å². The Morgan fingerprint density at radius 3 is 2.52 bits per heavy atom. The third kappa shape index (κ3) is 3.43. The molecule has 2 unspecified atom stereocenters. The molecule has 4 saturated carbocycles. The Bertz CT molecular complexity index is 1090. The largest absolute Gasteiger partial charge is 0.337 e. The number of hydrogen-bond donors (Lipinski definition) is 1. The molecule has 0 radical (unpaired) electrons. The van der Waals surface area contributed by atoms with E-state index in [0.717, 1.165) is 64.5 Å². The molecule has 9 nitrogen and oxygen atoms in total. The van der Waals surface area contributed by atoms with Crippen LogP contribution in [0.4, 0.5) is 5.69 Å². The monoisotopic (exact) mass is 515 g/mol. The van der Waals surface area contributed by atoms with Crippen LogP contribution in [0.15, 0.2) is 17.3 Å². The van der Waals surface area contributed by atoms with Gasteiger partial charge in [-0.15, -0.1) is 5.10 Å². The zero-order valence-corrected chi connectivity index (χ0v) is 20.6. The van der Waals surface area contributed by atoms with Crippen molar-refractivity contribution in [3.63, 3.8) is 0 Å². The van der Waals surface area contributed by atoms with Gasteiger partial charge in [-0.05, 0) is 85.6 Å². The van der Waals surface area contributed by atoms with E-state index in [1.165, 1.54) is 6.42 Å². The number of carbonyl (C=O) groups excluding carboxylic acids is 2. The number of aromatic nitrogens is 5. The summed E-state index contributed by atoms with van der Waals surface area (Å²) < 4.78 is 4.19. The fourth-order valence-electron chi connectivity index (χ4n) is 7.50. The van der Waals surface area contributed by atoms with Crippen molar-refractivity contribution in [2.75, 3.05) is 18.4 Å². The highest BCUT2D eigenvalue weighted by atomic mass is 79.9. The van der Waals surface area contributed by atoms with Crippen molar-refractivity contribution < 1.29 is 9.59 Å². The molecule has 4 bridgehead atoms. The number of nitrogens with zero attached hydrogens (tertiary/aromatic N) is 6. The average molecular weight is 516 g/mol. The third-order valence-electron chi connectivity index (χ3n) is 8.49. The molecule has 7 rings (SSSR count). The summed E-state index contributed by atoms with van der Waals surface area (Å²) >= 11 is 3.39. The van der Waals surface area contributed by atoms with E-state index in [1.807, 2.05) is 9.58 Å². The molecule has 5 fully saturated rings. The molecule has 2 amide bonds. The number of aryl methyl sites for hydroxylation is 1. The van der Waals surface area contributed by atoms with Crippen LogP contribution in [-0.2, 0) is 17.4 Å². The predicted molar refractivity (Wildman–Crippen MR) is 124 cm³/mol. The van der Waals surface area contributed by atoms with Crippen molar-refractivity contribution in [3.8, 4) is 0 Å². The van der Waals surface area contributed by atoms with E-state index in [0.29, 0.717) is 28.0 Å². The van der Waals surface area contributed by atoms with Gasteiger partial charge in [-0.1, -0.05) is 0 Å². The Balaban J connectivity index is 1.28. The molecule has 1 N–H and O–H groups in total. The minimum atomic E-state index is -0.441. The second kappa shape index (κ2) is 7.65. The highest BCUT2D eigenvalue weighted by Crippen LogP contribution is 2.64. The summed E-state index contributed by atoms with van der Waals surface area (Å²) in [6, 6.07) is 0. The Hall–Kier alpha value is -2.23. The number of likely N-dealkylation sites (tertiary alicyclic amines) is 1. The summed E-state index contributed by atoms with van der Waals surface area (Å²) in [5, 5.41) is 12.1. The SMILES string of the molecule is Cn1ncc(NC(=O)C23CC4CC(C2)CC(n2cnc(Br)n2)(C4)C3)c1C(=O)N1CCCCC1. The summed E-state index contributed by atoms with van der Waals surface area (Å²) in [7, 11) is 1.77. The zero-order chi connectivity index (χ0) is 22.8. The first-order valence-corrected chi connectivity index (χ1v) is 12.9. The molecule has 2 aromatic rings. The van der Waals surface area contributed by atoms with E-state index in [4.69, 9.17) is 0 Å². The molecule has 3 heterocycles. The molecule has 2 atom stereocenters. The molecular formula is C23H30BrN7O2. The Morgan fingerprint density at radius 1 is 1.12 bits per heavy atom. The molecule has 10 heteroatoms. The summed E-state index contributed by atoms with van der Waals surface area (Å²) in [5.74, 6) is 1.02. The Kier molecular flexibility index (Phi) is 4.94. The number of nitrogens with one attached hydrogen (secondary N) is 1. The van der Waals surface area contributed by atoms with Gasteiger partial charge >= 0.3 is 0 Å². The molecule has 2 aromatic heterocycles. The van der Waals surface area contributed by atoms with Gasteiger partial charge in [0.05, 0.1) is 22.8 Å². The zero-order valence-electron chi connectivity index (χ0n) is 19.0. The molecular weight excluding hydrogens is 486 g/mol. The van der Waals surface area contributed by atoms with Gasteiger partial charge in [0.25, 0.3) is 5.91 Å². The van der Waals surface area contributed by atoms with Crippen LogP contribution in [0.1, 0.15) is 68.3 Å². The van der Waals surface area contributed by atoms with Crippen molar-refractivity contribution in [3.05, 3.63) is 23.0 Å². The molecule has 1 aliphatic heterocycles. The normalized spacial score (nSPS) is 32.8. The summed E-state index contributed by atoms with van der Waals surface area (Å²) in [6.07, 6.45) is 12.5. The van der Waals surface area contributed by atoms with Gasteiger partial charge < -0.3 is 10.2 Å². The summed E-state index contributed by atoms with van der Waals surface area (Å²) in [6.45, 7) is 1.53. The van der Waals surface area contributed by atoms with Crippen LogP contribution in [0.2, 0.25) is 0 Å². The van der Waals surface area contributed by atoms with Crippen LogP contribution < -0.4 is 5.32 Å². The Morgan fingerprint density at radius 2 is 1.85 bits per heavy atom. The second-order valence-corrected chi connectivity index (χ2v) is 11.5. The average Bonchev–Trinajstić information content (AvgIpc) is 3.39. The number of hydrogen-bond acceptors (Lipinski definition) is 5. The molecule has 1 saturated heterocycles. The second-order valence-electron chi connectivity index (χ2n) is 10.8. The summed E-state index contributed by atoms with van der Waals surface area (Å²) in [4.78, 5) is 33.3. The lowest BCUT2D eigenvalue weighted by Gasteiger charge is -2.60. The molecule has 33 heavy (non-hydrogen) atoms. The Labute approximate surface area is 201 Å². The van der Waals surface area contributed by atoms with Gasteiger partial charge in [0, 0.05) is 20.1 Å². The first kappa shape index (κ1) is 21.3. The first-order chi connectivity index (χ1) is 15.9. The predicted octanol–water partition coefficient (Wildman–Crippen LogP) is 3.33. The van der Waals surface area contributed by atoms with Crippen LogP contribution in [0.25, 0.3) is 0 Å². The molecule has 0 spiro atoms. The minimum Gasteiger partial charge on any atom is -0.337 e. The number of carbonyl (C=O) groups is 2. The van der Waals surface area contributed by atoms with E-state index < -0.39 is 5.41 Å². The van der Waals surface area contributed by atoms with Crippen LogP contribution in [0.3, 0.4) is 0 Å². The maximum atomic E-state index is 13.9. The number of halogens is 1. The first-order valence-electron chi connectivity index (χ1n) is 12.1. The van der Waals surface area contributed by atoms with Crippen molar-refractivity contribution in [1.29, 1.82) is 0 Å². The van der Waals surface area contributed by atoms with Gasteiger partial charge in [0.2, 0.25) is 10.6 Å². The van der Waals surface area contributed by atoms with E-state index in [2.05, 4.69) is 36.4 Å². The highest BCUT2D eigenvalue weighted by molar-refractivity contribution is 9.10. The van der Waals surface area contributed by atoms with E-state index >= 15 is 0 Å². The van der Waals surface area contributed by atoms with Gasteiger partial charge in [0.1, 0.15) is 12.0 Å². The lowest BCUT2D eigenvalue weighted by molar-refractivity contribution is -0.150. The third-order valence-corrected chi connectivity index (χ3v) is 8.86. The lowest BCUT2D eigenvalue weighted by atomic mass is 9.46. The van der Waals surface area contributed by atoms with Crippen molar-refractivity contribution in [2.24, 2.45) is 24.3 Å². The van der Waals surface area contributed by atoms with E-state index in [1.54, 1.807) is 24.3 Å². The number of piperidine rings is 1. The molecule has 4 aliphatic carbocycles. The van der Waals surface area contributed by atoms with E-state index in [9.17, 15) is 9.59 Å². The van der Waals surface area contributed by atoms with Crippen molar-refractivity contribution in [2.45, 2.75) is 63.3 Å². The molecule has 5 aliphatic rings.